The summed E-state index contributed by atoms with van der Waals surface area (Å²) in [5.74, 6) is 0. The zero-order chi connectivity index (χ0) is 13.1. The Morgan fingerprint density at radius 1 is 1.42 bits per heavy atom. The maximum absolute atomic E-state index is 5.77. The number of nitrogens with zero attached hydrogens (tertiary/aromatic N) is 1. The largest absolute Gasteiger partial charge is 0.376 e. The molecule has 2 unspecified atom stereocenters. The van der Waals surface area contributed by atoms with E-state index in [1.165, 1.54) is 4.70 Å². The average Bonchev–Trinajstić information content (AvgIpc) is 2.88. The van der Waals surface area contributed by atoms with Gasteiger partial charge in [0.25, 0.3) is 0 Å². The monoisotopic (exact) mass is 278 g/mol. The highest BCUT2D eigenvalue weighted by Crippen LogP contribution is 2.23. The molecule has 4 nitrogen and oxygen atoms in total. The summed E-state index contributed by atoms with van der Waals surface area (Å²) in [6, 6.07) is 8.51. The number of likely N-dealkylation sites (N-methyl/N-ethyl adjacent to an activating group) is 1. The SMILES string of the molecule is CNC(Cc1nc2ccccc2s1)C1COCCO1. The van der Waals surface area contributed by atoms with E-state index < -0.39 is 0 Å². The molecule has 1 aromatic heterocycles. The summed E-state index contributed by atoms with van der Waals surface area (Å²) in [4.78, 5) is 4.68. The van der Waals surface area contributed by atoms with Gasteiger partial charge in [0, 0.05) is 12.5 Å². The highest BCUT2D eigenvalue weighted by molar-refractivity contribution is 7.18. The van der Waals surface area contributed by atoms with Crippen LogP contribution < -0.4 is 5.32 Å². The van der Waals surface area contributed by atoms with Crippen LogP contribution in [0.3, 0.4) is 0 Å². The van der Waals surface area contributed by atoms with Gasteiger partial charge in [-0.2, -0.15) is 0 Å². The van der Waals surface area contributed by atoms with Crippen LogP contribution in [0.5, 0.6) is 0 Å². The predicted octanol–water partition coefficient (Wildman–Crippen LogP) is 1.84. The van der Waals surface area contributed by atoms with Crippen molar-refractivity contribution in [1.82, 2.24) is 10.3 Å². The molecule has 0 amide bonds. The first kappa shape index (κ1) is 13.0. The number of hydrogen-bond donors (Lipinski definition) is 1. The Labute approximate surface area is 116 Å². The quantitative estimate of drug-likeness (QED) is 0.927. The van der Waals surface area contributed by atoms with Crippen molar-refractivity contribution >= 4 is 21.6 Å². The summed E-state index contributed by atoms with van der Waals surface area (Å²) < 4.78 is 12.5. The maximum Gasteiger partial charge on any atom is 0.0966 e. The molecule has 2 aromatic rings. The van der Waals surface area contributed by atoms with E-state index in [4.69, 9.17) is 9.47 Å². The predicted molar refractivity (Wildman–Crippen MR) is 76.7 cm³/mol. The molecular formula is C14H18N2O2S. The van der Waals surface area contributed by atoms with Gasteiger partial charge >= 0.3 is 0 Å². The second-order valence-corrected chi connectivity index (χ2v) is 5.77. The first-order chi connectivity index (χ1) is 9.36. The van der Waals surface area contributed by atoms with Gasteiger partial charge in [0.05, 0.1) is 41.1 Å². The average molecular weight is 278 g/mol. The molecule has 19 heavy (non-hydrogen) atoms. The van der Waals surface area contributed by atoms with Gasteiger partial charge in [0.15, 0.2) is 0 Å². The number of thiazole rings is 1. The van der Waals surface area contributed by atoms with Gasteiger partial charge < -0.3 is 14.8 Å². The van der Waals surface area contributed by atoms with Crippen molar-refractivity contribution in [2.75, 3.05) is 26.9 Å². The van der Waals surface area contributed by atoms with Gasteiger partial charge in [-0.05, 0) is 19.2 Å². The molecule has 1 N–H and O–H groups in total. The maximum atomic E-state index is 5.77. The van der Waals surface area contributed by atoms with Crippen LogP contribution in [0.15, 0.2) is 24.3 Å². The molecule has 0 aliphatic carbocycles. The molecule has 1 aliphatic heterocycles. The van der Waals surface area contributed by atoms with Gasteiger partial charge in [-0.3, -0.25) is 0 Å². The Morgan fingerprint density at radius 2 is 2.32 bits per heavy atom. The highest BCUT2D eigenvalue weighted by Gasteiger charge is 2.25. The number of rotatable bonds is 4. The second kappa shape index (κ2) is 5.96. The third kappa shape index (κ3) is 2.95. The fourth-order valence-electron chi connectivity index (χ4n) is 2.35. The van der Waals surface area contributed by atoms with Gasteiger partial charge in [-0.25, -0.2) is 4.98 Å². The first-order valence-electron chi connectivity index (χ1n) is 6.58. The zero-order valence-corrected chi connectivity index (χ0v) is 11.8. The minimum Gasteiger partial charge on any atom is -0.376 e. The summed E-state index contributed by atoms with van der Waals surface area (Å²) in [5, 5.41) is 4.47. The fraction of sp³-hybridized carbons (Fsp3) is 0.500. The van der Waals surface area contributed by atoms with Crippen LogP contribution in [0.1, 0.15) is 5.01 Å². The number of hydrogen-bond acceptors (Lipinski definition) is 5. The summed E-state index contributed by atoms with van der Waals surface area (Å²) in [7, 11) is 1.97. The second-order valence-electron chi connectivity index (χ2n) is 4.66. The van der Waals surface area contributed by atoms with Gasteiger partial charge in [0.1, 0.15) is 0 Å². The van der Waals surface area contributed by atoms with Crippen molar-refractivity contribution in [2.24, 2.45) is 0 Å². The van der Waals surface area contributed by atoms with Crippen LogP contribution in [-0.4, -0.2) is 44.0 Å². The van der Waals surface area contributed by atoms with Crippen molar-refractivity contribution in [1.29, 1.82) is 0 Å². The Balaban J connectivity index is 1.74. The summed E-state index contributed by atoms with van der Waals surface area (Å²) in [6.07, 6.45) is 0.995. The van der Waals surface area contributed by atoms with E-state index in [-0.39, 0.29) is 12.1 Å². The number of para-hydroxylation sites is 1. The third-order valence-corrected chi connectivity index (χ3v) is 4.45. The minimum atomic E-state index is 0.116. The molecule has 2 atom stereocenters. The van der Waals surface area contributed by atoms with Crippen LogP contribution in [0.4, 0.5) is 0 Å². The van der Waals surface area contributed by atoms with Gasteiger partial charge in [-0.15, -0.1) is 11.3 Å². The molecule has 0 spiro atoms. The van der Waals surface area contributed by atoms with Crippen LogP contribution >= 0.6 is 11.3 Å². The zero-order valence-electron chi connectivity index (χ0n) is 11.0. The standard InChI is InChI=1S/C14H18N2O2S/c1-15-11(12-9-17-6-7-18-12)8-14-16-10-4-2-3-5-13(10)19-14/h2-5,11-12,15H,6-9H2,1H3. The van der Waals surface area contributed by atoms with Gasteiger partial charge in [-0.1, -0.05) is 12.1 Å². The van der Waals surface area contributed by atoms with Crippen LogP contribution in [0, 0.1) is 0 Å². The lowest BCUT2D eigenvalue weighted by Crippen LogP contribution is -2.46. The van der Waals surface area contributed by atoms with Crippen LogP contribution in [-0.2, 0) is 15.9 Å². The van der Waals surface area contributed by atoms with E-state index in [1.54, 1.807) is 11.3 Å². The Hall–Kier alpha value is -1.01. The van der Waals surface area contributed by atoms with Crippen molar-refractivity contribution in [3.8, 4) is 0 Å². The van der Waals surface area contributed by atoms with Crippen molar-refractivity contribution in [2.45, 2.75) is 18.6 Å². The van der Waals surface area contributed by atoms with Crippen LogP contribution in [0.2, 0.25) is 0 Å². The lowest BCUT2D eigenvalue weighted by atomic mass is 10.1. The summed E-state index contributed by atoms with van der Waals surface area (Å²) in [6.45, 7) is 2.05. The fourth-order valence-corrected chi connectivity index (χ4v) is 3.38. The number of fused-ring (bicyclic) bond motifs is 1. The molecule has 1 saturated heterocycles. The lowest BCUT2D eigenvalue weighted by molar-refractivity contribution is -0.100. The van der Waals surface area contributed by atoms with E-state index >= 15 is 0 Å². The number of benzene rings is 1. The number of ether oxygens (including phenoxy) is 2. The molecule has 0 radical (unpaired) electrons. The van der Waals surface area contributed by atoms with E-state index in [1.807, 2.05) is 13.1 Å². The molecule has 2 heterocycles. The minimum absolute atomic E-state index is 0.116. The first-order valence-corrected chi connectivity index (χ1v) is 7.39. The smallest absolute Gasteiger partial charge is 0.0966 e. The normalized spacial score (nSPS) is 21.6. The van der Waals surface area contributed by atoms with E-state index in [0.29, 0.717) is 19.8 Å². The molecule has 1 aromatic carbocycles. The number of aromatic nitrogens is 1. The summed E-state index contributed by atoms with van der Waals surface area (Å²) in [5.41, 5.74) is 1.08. The Morgan fingerprint density at radius 3 is 3.05 bits per heavy atom. The lowest BCUT2D eigenvalue weighted by Gasteiger charge is -2.29. The van der Waals surface area contributed by atoms with Crippen molar-refractivity contribution in [3.05, 3.63) is 29.3 Å². The van der Waals surface area contributed by atoms with Crippen LogP contribution in [0.25, 0.3) is 10.2 Å². The van der Waals surface area contributed by atoms with Crippen molar-refractivity contribution < 1.29 is 9.47 Å². The molecule has 102 valence electrons. The third-order valence-electron chi connectivity index (χ3n) is 3.39. The van der Waals surface area contributed by atoms with E-state index in [2.05, 4.69) is 28.5 Å². The highest BCUT2D eigenvalue weighted by atomic mass is 32.1. The number of nitrogens with one attached hydrogen (secondary N) is 1. The molecule has 0 bridgehead atoms. The molecule has 0 saturated carbocycles. The molecule has 3 rings (SSSR count). The van der Waals surface area contributed by atoms with E-state index in [9.17, 15) is 0 Å². The molecule has 5 heteroatoms. The molecular weight excluding hydrogens is 260 g/mol. The summed E-state index contributed by atoms with van der Waals surface area (Å²) >= 11 is 1.76. The van der Waals surface area contributed by atoms with Crippen molar-refractivity contribution in [3.63, 3.8) is 0 Å². The molecule has 1 aliphatic rings. The molecule has 1 fully saturated rings. The Kier molecular flexibility index (Phi) is 4.08. The Bertz CT molecular complexity index is 504. The topological polar surface area (TPSA) is 43.4 Å². The van der Waals surface area contributed by atoms with E-state index in [0.717, 1.165) is 16.9 Å². The van der Waals surface area contributed by atoms with Gasteiger partial charge in [0.2, 0.25) is 0 Å².